The molecule has 1 aliphatic heterocycles. The maximum absolute atomic E-state index is 12.5. The van der Waals surface area contributed by atoms with Gasteiger partial charge in [-0.15, -0.1) is 0 Å². The minimum absolute atomic E-state index is 0.0435. The molecular weight excluding hydrogens is 302 g/mol. The van der Waals surface area contributed by atoms with Gasteiger partial charge in [0.25, 0.3) is 0 Å². The van der Waals surface area contributed by atoms with Crippen molar-refractivity contribution in [2.75, 3.05) is 13.1 Å². The summed E-state index contributed by atoms with van der Waals surface area (Å²) in [7, 11) is 0. The molecule has 124 valence electrons. The van der Waals surface area contributed by atoms with Crippen molar-refractivity contribution in [2.24, 2.45) is 0 Å². The predicted octanol–water partition coefficient (Wildman–Crippen LogP) is 2.93. The van der Waals surface area contributed by atoms with Crippen LogP contribution in [0, 0.1) is 0 Å². The summed E-state index contributed by atoms with van der Waals surface area (Å²) in [5.74, 6) is -0.680. The van der Waals surface area contributed by atoms with Crippen LogP contribution >= 0.6 is 0 Å². The highest BCUT2D eigenvalue weighted by Gasteiger charge is 2.24. The molecule has 0 aromatic heterocycles. The third kappa shape index (κ3) is 3.71. The van der Waals surface area contributed by atoms with Gasteiger partial charge in [-0.25, -0.2) is 0 Å². The summed E-state index contributed by atoms with van der Waals surface area (Å²) in [5.41, 5.74) is 2.02. The minimum atomic E-state index is -0.394. The van der Waals surface area contributed by atoms with Gasteiger partial charge < -0.3 is 10.1 Å². The van der Waals surface area contributed by atoms with E-state index in [-0.39, 0.29) is 17.9 Å². The third-order valence-electron chi connectivity index (χ3n) is 4.34. The van der Waals surface area contributed by atoms with E-state index < -0.39 is 5.92 Å². The molecule has 1 N–H and O–H groups in total. The summed E-state index contributed by atoms with van der Waals surface area (Å²) in [4.78, 5) is 24.9. The lowest BCUT2D eigenvalue weighted by atomic mass is 9.96. The standard InChI is InChI=1S/C20H21NO3/c1-14(20(23)24-18-10-11-21-13-18)16-8-5-9-17(12-16)19(22)15-6-3-2-4-7-15/h2-9,12,14,18,21H,10-11,13H2,1H3/t14-,18-/m1/s1. The molecule has 3 rings (SSSR count). The van der Waals surface area contributed by atoms with E-state index >= 15 is 0 Å². The van der Waals surface area contributed by atoms with E-state index in [0.717, 1.165) is 18.5 Å². The SMILES string of the molecule is C[C@@H](C(=O)O[C@@H]1CCNC1)c1cccc(C(=O)c2ccccc2)c1. The first-order chi connectivity index (χ1) is 11.6. The first-order valence-electron chi connectivity index (χ1n) is 8.26. The van der Waals surface area contributed by atoms with E-state index in [4.69, 9.17) is 4.74 Å². The number of carbonyl (C=O) groups is 2. The number of esters is 1. The van der Waals surface area contributed by atoms with Gasteiger partial charge in [0.1, 0.15) is 6.10 Å². The first kappa shape index (κ1) is 16.4. The van der Waals surface area contributed by atoms with Gasteiger partial charge in [0.2, 0.25) is 0 Å². The minimum Gasteiger partial charge on any atom is -0.461 e. The normalized spacial score (nSPS) is 18.1. The molecule has 0 spiro atoms. The second-order valence-electron chi connectivity index (χ2n) is 6.09. The van der Waals surface area contributed by atoms with Crippen molar-refractivity contribution in [2.45, 2.75) is 25.4 Å². The van der Waals surface area contributed by atoms with Gasteiger partial charge in [0.05, 0.1) is 5.92 Å². The average molecular weight is 323 g/mol. The van der Waals surface area contributed by atoms with Crippen molar-refractivity contribution >= 4 is 11.8 Å². The summed E-state index contributed by atoms with van der Waals surface area (Å²) in [6.07, 6.45) is 0.805. The second-order valence-corrected chi connectivity index (χ2v) is 6.09. The largest absolute Gasteiger partial charge is 0.461 e. The van der Waals surface area contributed by atoms with E-state index in [9.17, 15) is 9.59 Å². The molecule has 1 saturated heterocycles. The molecule has 0 radical (unpaired) electrons. The molecule has 24 heavy (non-hydrogen) atoms. The van der Waals surface area contributed by atoms with Crippen molar-refractivity contribution in [3.63, 3.8) is 0 Å². The molecule has 2 aromatic rings. The number of ketones is 1. The van der Waals surface area contributed by atoms with Crippen molar-refractivity contribution in [3.05, 3.63) is 71.3 Å². The maximum atomic E-state index is 12.5. The van der Waals surface area contributed by atoms with Crippen molar-refractivity contribution in [1.29, 1.82) is 0 Å². The van der Waals surface area contributed by atoms with Crippen molar-refractivity contribution < 1.29 is 14.3 Å². The molecule has 1 fully saturated rings. The highest BCUT2D eigenvalue weighted by atomic mass is 16.5. The molecule has 0 aliphatic carbocycles. The molecular formula is C20H21NO3. The van der Waals surface area contributed by atoms with Gasteiger partial charge in [-0.2, -0.15) is 0 Å². The van der Waals surface area contributed by atoms with E-state index in [1.807, 2.05) is 37.3 Å². The summed E-state index contributed by atoms with van der Waals surface area (Å²) < 4.78 is 5.53. The van der Waals surface area contributed by atoms with Crippen LogP contribution in [0.3, 0.4) is 0 Å². The summed E-state index contributed by atoms with van der Waals surface area (Å²) >= 11 is 0. The molecule has 0 amide bonds. The summed E-state index contributed by atoms with van der Waals surface area (Å²) in [6, 6.07) is 16.4. The molecule has 4 nitrogen and oxygen atoms in total. The highest BCUT2D eigenvalue weighted by molar-refractivity contribution is 6.09. The Balaban J connectivity index is 1.74. The van der Waals surface area contributed by atoms with Crippen LogP contribution in [0.15, 0.2) is 54.6 Å². The summed E-state index contributed by atoms with van der Waals surface area (Å²) in [6.45, 7) is 3.41. The number of hydrogen-bond acceptors (Lipinski definition) is 4. The molecule has 0 saturated carbocycles. The lowest BCUT2D eigenvalue weighted by molar-refractivity contribution is -0.149. The zero-order chi connectivity index (χ0) is 16.9. The quantitative estimate of drug-likeness (QED) is 0.679. The van der Waals surface area contributed by atoms with Gasteiger partial charge in [0, 0.05) is 17.7 Å². The Bertz CT molecular complexity index is 721. The Kier molecular flexibility index (Phi) is 5.06. The monoisotopic (exact) mass is 323 g/mol. The van der Waals surface area contributed by atoms with Gasteiger partial charge in [-0.3, -0.25) is 9.59 Å². The van der Waals surface area contributed by atoms with Crippen LogP contribution in [-0.4, -0.2) is 30.9 Å². The molecule has 2 atom stereocenters. The van der Waals surface area contributed by atoms with Crippen LogP contribution in [0.25, 0.3) is 0 Å². The van der Waals surface area contributed by atoms with Crippen LogP contribution in [-0.2, 0) is 9.53 Å². The van der Waals surface area contributed by atoms with Crippen LogP contribution in [0.2, 0.25) is 0 Å². The Morgan fingerprint density at radius 2 is 1.83 bits per heavy atom. The van der Waals surface area contributed by atoms with Crippen molar-refractivity contribution in [1.82, 2.24) is 5.32 Å². The fourth-order valence-corrected chi connectivity index (χ4v) is 2.84. The Morgan fingerprint density at radius 3 is 2.54 bits per heavy atom. The lowest BCUT2D eigenvalue weighted by Crippen LogP contribution is -2.24. The molecule has 1 heterocycles. The Morgan fingerprint density at radius 1 is 1.08 bits per heavy atom. The van der Waals surface area contributed by atoms with E-state index in [0.29, 0.717) is 17.7 Å². The number of nitrogens with one attached hydrogen (secondary N) is 1. The number of carbonyl (C=O) groups excluding carboxylic acids is 2. The molecule has 1 aliphatic rings. The summed E-state index contributed by atoms with van der Waals surface area (Å²) in [5, 5.41) is 3.18. The van der Waals surface area contributed by atoms with Gasteiger partial charge in [-0.1, -0.05) is 48.5 Å². The second kappa shape index (κ2) is 7.41. The zero-order valence-electron chi connectivity index (χ0n) is 13.7. The Labute approximate surface area is 141 Å². The van der Waals surface area contributed by atoms with E-state index in [1.54, 1.807) is 24.3 Å². The van der Waals surface area contributed by atoms with E-state index in [2.05, 4.69) is 5.32 Å². The highest BCUT2D eigenvalue weighted by Crippen LogP contribution is 2.21. The van der Waals surface area contributed by atoms with Crippen LogP contribution in [0.1, 0.15) is 40.7 Å². The van der Waals surface area contributed by atoms with Gasteiger partial charge >= 0.3 is 5.97 Å². The topological polar surface area (TPSA) is 55.4 Å². The van der Waals surface area contributed by atoms with Crippen LogP contribution in [0.5, 0.6) is 0 Å². The van der Waals surface area contributed by atoms with Crippen LogP contribution < -0.4 is 5.32 Å². The van der Waals surface area contributed by atoms with E-state index in [1.165, 1.54) is 0 Å². The number of rotatable bonds is 5. The number of hydrogen-bond donors (Lipinski definition) is 1. The van der Waals surface area contributed by atoms with Gasteiger partial charge in [0.15, 0.2) is 5.78 Å². The smallest absolute Gasteiger partial charge is 0.313 e. The first-order valence-corrected chi connectivity index (χ1v) is 8.26. The average Bonchev–Trinajstić information content (AvgIpc) is 3.14. The van der Waals surface area contributed by atoms with Crippen LogP contribution in [0.4, 0.5) is 0 Å². The predicted molar refractivity (Wildman–Crippen MR) is 92.1 cm³/mol. The fraction of sp³-hybridized carbons (Fsp3) is 0.300. The molecule has 4 heteroatoms. The van der Waals surface area contributed by atoms with Crippen molar-refractivity contribution in [3.8, 4) is 0 Å². The maximum Gasteiger partial charge on any atom is 0.313 e. The number of ether oxygens (including phenoxy) is 1. The Hall–Kier alpha value is -2.46. The zero-order valence-corrected chi connectivity index (χ0v) is 13.7. The fourth-order valence-electron chi connectivity index (χ4n) is 2.84. The lowest BCUT2D eigenvalue weighted by Gasteiger charge is -2.16. The third-order valence-corrected chi connectivity index (χ3v) is 4.34. The van der Waals surface area contributed by atoms with Gasteiger partial charge in [-0.05, 0) is 31.5 Å². The number of benzene rings is 2. The molecule has 2 aromatic carbocycles. The molecule has 0 bridgehead atoms. The molecule has 0 unspecified atom stereocenters.